The molecule has 0 aliphatic rings. The molecule has 26 heavy (non-hydrogen) atoms. The van der Waals surface area contributed by atoms with Gasteiger partial charge in [-0.2, -0.15) is 18.3 Å². The van der Waals surface area contributed by atoms with Gasteiger partial charge >= 0.3 is 12.1 Å². The molecule has 10 heteroatoms. The van der Waals surface area contributed by atoms with Crippen molar-refractivity contribution < 1.29 is 27.4 Å². The number of hydrogen-bond acceptors (Lipinski definition) is 6. The second-order valence-corrected chi connectivity index (χ2v) is 5.25. The van der Waals surface area contributed by atoms with Crippen molar-refractivity contribution in [2.45, 2.75) is 6.18 Å². The number of alkyl halides is 3. The molecule has 0 bridgehead atoms. The third-order valence-electron chi connectivity index (χ3n) is 3.48. The smallest absolute Gasteiger partial charge is 0.423 e. The van der Waals surface area contributed by atoms with E-state index in [1.807, 2.05) is 0 Å². The van der Waals surface area contributed by atoms with E-state index in [4.69, 9.17) is 4.74 Å². The number of aromatic nitrogens is 2. The van der Waals surface area contributed by atoms with Crippen LogP contribution >= 0.6 is 0 Å². The summed E-state index contributed by atoms with van der Waals surface area (Å²) in [6, 6.07) is 6.19. The third kappa shape index (κ3) is 4.52. The van der Waals surface area contributed by atoms with Gasteiger partial charge in [-0.15, -0.1) is 0 Å². The summed E-state index contributed by atoms with van der Waals surface area (Å²) in [6.45, 7) is 0.0713. The minimum Gasteiger partial charge on any atom is -0.492 e. The van der Waals surface area contributed by atoms with Crippen LogP contribution in [-0.4, -0.2) is 43.5 Å². The maximum Gasteiger partial charge on any atom is 0.423 e. The van der Waals surface area contributed by atoms with Gasteiger partial charge in [0.2, 0.25) is 0 Å². The Kier molecular flexibility index (Phi) is 5.86. The average Bonchev–Trinajstić information content (AvgIpc) is 2.59. The Balaban J connectivity index is 2.07. The van der Waals surface area contributed by atoms with Crippen molar-refractivity contribution in [1.82, 2.24) is 10.2 Å². The number of benzene rings is 1. The normalized spacial score (nSPS) is 11.1. The number of nitrogens with one attached hydrogen (secondary N) is 1. The molecule has 1 N–H and O–H groups in total. The van der Waals surface area contributed by atoms with Crippen LogP contribution in [0.4, 0.5) is 18.9 Å². The van der Waals surface area contributed by atoms with Gasteiger partial charge in [0.1, 0.15) is 17.9 Å². The van der Waals surface area contributed by atoms with Crippen LogP contribution in [0.25, 0.3) is 0 Å². The predicted molar refractivity (Wildman–Crippen MR) is 86.4 cm³/mol. The van der Waals surface area contributed by atoms with E-state index in [1.54, 1.807) is 23.3 Å². The summed E-state index contributed by atoms with van der Waals surface area (Å²) in [4.78, 5) is 24.2. The number of esters is 1. The van der Waals surface area contributed by atoms with Crippen LogP contribution in [0.2, 0.25) is 0 Å². The zero-order valence-corrected chi connectivity index (χ0v) is 14.0. The Morgan fingerprint density at radius 1 is 1.35 bits per heavy atom. The first-order valence-corrected chi connectivity index (χ1v) is 7.41. The van der Waals surface area contributed by atoms with Crippen molar-refractivity contribution in [3.8, 4) is 5.75 Å². The van der Waals surface area contributed by atoms with Gasteiger partial charge in [-0.25, -0.2) is 9.89 Å². The first-order chi connectivity index (χ1) is 12.2. The van der Waals surface area contributed by atoms with Crippen LogP contribution in [0.15, 0.2) is 35.3 Å². The van der Waals surface area contributed by atoms with Crippen LogP contribution in [-0.2, 0) is 10.9 Å². The molecule has 0 radical (unpaired) electrons. The van der Waals surface area contributed by atoms with Crippen molar-refractivity contribution in [2.75, 3.05) is 32.2 Å². The van der Waals surface area contributed by atoms with E-state index < -0.39 is 23.3 Å². The van der Waals surface area contributed by atoms with E-state index in [9.17, 15) is 22.8 Å². The number of methoxy groups -OCH3 is 1. The molecule has 7 nitrogen and oxygen atoms in total. The van der Waals surface area contributed by atoms with Crippen molar-refractivity contribution in [3.05, 3.63) is 51.9 Å². The lowest BCUT2D eigenvalue weighted by Gasteiger charge is -2.22. The van der Waals surface area contributed by atoms with Gasteiger partial charge in [-0.3, -0.25) is 4.79 Å². The number of H-pyrrole nitrogens is 1. The molecule has 0 spiro atoms. The lowest BCUT2D eigenvalue weighted by atomic mass is 10.2. The third-order valence-corrected chi connectivity index (χ3v) is 3.48. The number of carbonyl (C=O) groups is 1. The molecule has 2 rings (SSSR count). The number of nitrogens with zero attached hydrogens (tertiary/aromatic N) is 2. The van der Waals surface area contributed by atoms with Crippen molar-refractivity contribution in [2.24, 2.45) is 0 Å². The Bertz CT molecular complexity index is 836. The van der Waals surface area contributed by atoms with E-state index >= 15 is 0 Å². The zero-order chi connectivity index (χ0) is 19.3. The van der Waals surface area contributed by atoms with Gasteiger partial charge in [0.15, 0.2) is 0 Å². The van der Waals surface area contributed by atoms with E-state index in [-0.39, 0.29) is 24.4 Å². The quantitative estimate of drug-likeness (QED) is 0.783. The summed E-state index contributed by atoms with van der Waals surface area (Å²) in [7, 11) is 2.64. The van der Waals surface area contributed by atoms with Crippen LogP contribution < -0.4 is 15.2 Å². The number of likely N-dealkylation sites (N-methyl/N-ethyl adjacent to an activating group) is 1. The molecule has 0 amide bonds. The molecule has 1 aromatic carbocycles. The fourth-order valence-electron chi connectivity index (χ4n) is 2.20. The second kappa shape index (κ2) is 7.89. The highest BCUT2D eigenvalue weighted by Gasteiger charge is 2.38. The number of ether oxygens (including phenoxy) is 2. The summed E-state index contributed by atoms with van der Waals surface area (Å²) in [5.74, 6) is -0.168. The highest BCUT2D eigenvalue weighted by atomic mass is 19.4. The SMILES string of the molecule is COC(=O)c1cccc(OCCN(C)c2cn[nH]c(=O)c2C(F)(F)F)c1. The van der Waals surface area contributed by atoms with Gasteiger partial charge in [-0.05, 0) is 18.2 Å². The monoisotopic (exact) mass is 371 g/mol. The number of hydrogen-bond donors (Lipinski definition) is 1. The van der Waals surface area contributed by atoms with E-state index in [2.05, 4.69) is 9.84 Å². The summed E-state index contributed by atoms with van der Waals surface area (Å²) in [6.07, 6.45) is -3.88. The molecule has 1 aromatic heterocycles. The lowest BCUT2D eigenvalue weighted by Crippen LogP contribution is -2.31. The summed E-state index contributed by atoms with van der Waals surface area (Å²) in [5, 5.41) is 5.19. The van der Waals surface area contributed by atoms with Crippen molar-refractivity contribution in [1.29, 1.82) is 0 Å². The highest BCUT2D eigenvalue weighted by molar-refractivity contribution is 5.89. The second-order valence-electron chi connectivity index (χ2n) is 5.25. The van der Waals surface area contributed by atoms with Gasteiger partial charge in [0.25, 0.3) is 5.56 Å². The molecule has 0 unspecified atom stereocenters. The van der Waals surface area contributed by atoms with Crippen molar-refractivity contribution >= 4 is 11.7 Å². The Morgan fingerprint density at radius 3 is 2.73 bits per heavy atom. The Labute approximate surface area is 146 Å². The molecular weight excluding hydrogens is 355 g/mol. The maximum absolute atomic E-state index is 13.1. The zero-order valence-electron chi connectivity index (χ0n) is 14.0. The molecule has 0 saturated carbocycles. The number of rotatable bonds is 6. The first kappa shape index (κ1) is 19.3. The largest absolute Gasteiger partial charge is 0.492 e. The summed E-state index contributed by atoms with van der Waals surface area (Å²) < 4.78 is 49.2. The Morgan fingerprint density at radius 2 is 2.08 bits per heavy atom. The molecule has 2 aromatic rings. The molecule has 140 valence electrons. The van der Waals surface area contributed by atoms with E-state index in [0.29, 0.717) is 5.75 Å². The Hall–Kier alpha value is -3.04. The van der Waals surface area contributed by atoms with Gasteiger partial charge < -0.3 is 14.4 Å². The fourth-order valence-corrected chi connectivity index (χ4v) is 2.20. The highest BCUT2D eigenvalue weighted by Crippen LogP contribution is 2.32. The van der Waals surface area contributed by atoms with Crippen LogP contribution in [0.5, 0.6) is 5.75 Å². The number of aromatic amines is 1. The minimum absolute atomic E-state index is 0.0191. The molecule has 0 atom stereocenters. The molecule has 0 aliphatic carbocycles. The maximum atomic E-state index is 13.1. The molecule has 1 heterocycles. The van der Waals surface area contributed by atoms with Crippen LogP contribution in [0, 0.1) is 0 Å². The van der Waals surface area contributed by atoms with Gasteiger partial charge in [-0.1, -0.05) is 6.07 Å². The van der Waals surface area contributed by atoms with Gasteiger partial charge in [0.05, 0.1) is 31.1 Å². The fraction of sp³-hybridized carbons (Fsp3) is 0.312. The van der Waals surface area contributed by atoms with E-state index in [1.165, 1.54) is 25.1 Å². The summed E-state index contributed by atoms with van der Waals surface area (Å²) >= 11 is 0. The average molecular weight is 371 g/mol. The van der Waals surface area contributed by atoms with E-state index in [0.717, 1.165) is 6.20 Å². The minimum atomic E-state index is -4.81. The first-order valence-electron chi connectivity index (χ1n) is 7.41. The lowest BCUT2D eigenvalue weighted by molar-refractivity contribution is -0.138. The van der Waals surface area contributed by atoms with Crippen LogP contribution in [0.3, 0.4) is 0 Å². The summed E-state index contributed by atoms with van der Waals surface area (Å²) in [5.41, 5.74) is -2.69. The topological polar surface area (TPSA) is 84.5 Å². The van der Waals surface area contributed by atoms with Crippen molar-refractivity contribution in [3.63, 3.8) is 0 Å². The molecule has 0 saturated heterocycles. The molecule has 0 aliphatic heterocycles. The van der Waals surface area contributed by atoms with Crippen LogP contribution in [0.1, 0.15) is 15.9 Å². The predicted octanol–water partition coefficient (Wildman–Crippen LogP) is 2.09. The van der Waals surface area contributed by atoms with Gasteiger partial charge in [0, 0.05) is 7.05 Å². The standard InChI is InChI=1S/C16H16F3N3O4/c1-22(12-9-20-21-14(23)13(12)16(17,18)19)6-7-26-11-5-3-4-10(8-11)15(24)25-2/h3-5,8-9H,6-7H2,1-2H3,(H,21,23). The number of carbonyl (C=O) groups excluding carboxylic acids is 1. The number of anilines is 1. The molecule has 0 fully saturated rings. The number of halogens is 3. The molecular formula is C16H16F3N3O4.